The van der Waals surface area contributed by atoms with Crippen molar-refractivity contribution in [1.29, 1.82) is 0 Å². The Bertz CT molecular complexity index is 1410. The minimum atomic E-state index is -3.69. The lowest BCUT2D eigenvalue weighted by Gasteiger charge is -2.52. The number of aromatic nitrogens is 2. The Balaban J connectivity index is 0.00000353. The number of hydrogen-bond acceptors (Lipinski definition) is 7. The third-order valence-corrected chi connectivity index (χ3v) is 10.8. The number of carbonyl (C=O) groups is 2. The first-order valence-electron chi connectivity index (χ1n) is 15.4. The molecule has 0 bridgehead atoms. The number of piperidine rings is 1. The number of likely N-dealkylation sites (N-methyl/N-ethyl adjacent to an activating group) is 1. The van der Waals surface area contributed by atoms with Crippen LogP contribution in [0.3, 0.4) is 0 Å². The molecule has 1 aromatic heterocycles. The summed E-state index contributed by atoms with van der Waals surface area (Å²) in [6.07, 6.45) is 3.68. The molecule has 2 aliphatic rings. The van der Waals surface area contributed by atoms with Crippen LogP contribution in [0.15, 0.2) is 29.2 Å². The summed E-state index contributed by atoms with van der Waals surface area (Å²) in [4.78, 5) is 31.5. The molecular weight excluding hydrogens is 639 g/mol. The summed E-state index contributed by atoms with van der Waals surface area (Å²) >= 11 is 0. The molecule has 14 heteroatoms. The van der Waals surface area contributed by atoms with Gasteiger partial charge in [0.25, 0.3) is 0 Å². The number of halogens is 2. The smallest absolute Gasteiger partial charge is 0.246 e. The zero-order valence-corrected chi connectivity index (χ0v) is 29.7. The van der Waals surface area contributed by atoms with Gasteiger partial charge in [-0.1, -0.05) is 27.2 Å². The predicted octanol–water partition coefficient (Wildman–Crippen LogP) is 3.45. The lowest BCUT2D eigenvalue weighted by Crippen LogP contribution is -2.73. The quantitative estimate of drug-likeness (QED) is 0.350. The van der Waals surface area contributed by atoms with Crippen molar-refractivity contribution in [2.45, 2.75) is 89.7 Å². The Hall–Kier alpha value is -2.22. The van der Waals surface area contributed by atoms with E-state index in [-0.39, 0.29) is 54.7 Å². The Morgan fingerprint density at radius 1 is 1.11 bits per heavy atom. The fraction of sp³-hybridized carbons (Fsp3) is 0.645. The van der Waals surface area contributed by atoms with Gasteiger partial charge in [0, 0.05) is 51.0 Å². The zero-order valence-electron chi connectivity index (χ0n) is 27.3. The van der Waals surface area contributed by atoms with Crippen LogP contribution in [0.1, 0.15) is 69.8 Å². The molecule has 2 saturated heterocycles. The number of benzene rings is 1. The summed E-state index contributed by atoms with van der Waals surface area (Å²) < 4.78 is 28.4. The Morgan fingerprint density at radius 2 is 1.73 bits per heavy atom. The molecule has 2 aliphatic heterocycles. The van der Waals surface area contributed by atoms with E-state index in [0.29, 0.717) is 51.4 Å². The Morgan fingerprint density at radius 3 is 2.29 bits per heavy atom. The van der Waals surface area contributed by atoms with Gasteiger partial charge in [0.05, 0.1) is 22.9 Å². The van der Waals surface area contributed by atoms with Gasteiger partial charge in [0.15, 0.2) is 0 Å². The van der Waals surface area contributed by atoms with Crippen molar-refractivity contribution in [3.8, 4) is 5.69 Å². The third-order valence-electron chi connectivity index (χ3n) is 8.96. The van der Waals surface area contributed by atoms with Gasteiger partial charge in [0.2, 0.25) is 21.8 Å². The van der Waals surface area contributed by atoms with E-state index in [1.165, 1.54) is 7.05 Å². The topological polar surface area (TPSA) is 128 Å². The van der Waals surface area contributed by atoms with Crippen LogP contribution in [0.5, 0.6) is 0 Å². The van der Waals surface area contributed by atoms with E-state index >= 15 is 0 Å². The molecule has 2 N–H and O–H groups in total. The first-order chi connectivity index (χ1) is 20.3. The van der Waals surface area contributed by atoms with E-state index in [1.54, 1.807) is 24.3 Å². The maximum absolute atomic E-state index is 13.6. The van der Waals surface area contributed by atoms with Gasteiger partial charge >= 0.3 is 0 Å². The van der Waals surface area contributed by atoms with E-state index in [1.807, 2.05) is 23.4 Å². The average molecular weight is 690 g/mol. The third kappa shape index (κ3) is 8.02. The fourth-order valence-electron chi connectivity index (χ4n) is 6.30. The van der Waals surface area contributed by atoms with Gasteiger partial charge in [-0.3, -0.25) is 14.5 Å². The second kappa shape index (κ2) is 16.1. The van der Waals surface area contributed by atoms with Gasteiger partial charge in [-0.25, -0.2) is 13.1 Å². The van der Waals surface area contributed by atoms with Crippen LogP contribution in [0.4, 0.5) is 0 Å². The van der Waals surface area contributed by atoms with Crippen molar-refractivity contribution in [3.63, 3.8) is 0 Å². The van der Waals surface area contributed by atoms with Crippen LogP contribution >= 0.6 is 24.8 Å². The fourth-order valence-corrected chi connectivity index (χ4v) is 7.47. The largest absolute Gasteiger partial charge is 0.395 e. The number of hydrogen-bond donors (Lipinski definition) is 2. The number of aryl methyl sites for hydroxylation is 1. The van der Waals surface area contributed by atoms with Crippen LogP contribution < -0.4 is 5.32 Å². The van der Waals surface area contributed by atoms with Crippen LogP contribution in [0.2, 0.25) is 0 Å². The van der Waals surface area contributed by atoms with Gasteiger partial charge in [0.1, 0.15) is 11.6 Å². The highest BCUT2D eigenvalue weighted by Gasteiger charge is 2.53. The number of aliphatic hydroxyl groups is 1. The van der Waals surface area contributed by atoms with Crippen molar-refractivity contribution < 1.29 is 23.1 Å². The van der Waals surface area contributed by atoms with E-state index in [2.05, 4.69) is 31.0 Å². The molecule has 45 heavy (non-hydrogen) atoms. The summed E-state index contributed by atoms with van der Waals surface area (Å²) in [7, 11) is -2.24. The molecule has 1 atom stereocenters. The molecule has 2 amide bonds. The maximum atomic E-state index is 13.6. The second-order valence-corrected chi connectivity index (χ2v) is 14.5. The molecule has 254 valence electrons. The maximum Gasteiger partial charge on any atom is 0.246 e. The lowest BCUT2D eigenvalue weighted by molar-refractivity contribution is -0.161. The van der Waals surface area contributed by atoms with Gasteiger partial charge < -0.3 is 15.3 Å². The van der Waals surface area contributed by atoms with E-state index < -0.39 is 21.6 Å². The monoisotopic (exact) mass is 688 g/mol. The molecule has 0 saturated carbocycles. The summed E-state index contributed by atoms with van der Waals surface area (Å²) in [6, 6.07) is 6.16. The van der Waals surface area contributed by atoms with Crippen molar-refractivity contribution in [2.75, 3.05) is 39.8 Å². The summed E-state index contributed by atoms with van der Waals surface area (Å²) in [6.45, 7) is 12.7. The summed E-state index contributed by atoms with van der Waals surface area (Å²) in [5.74, 6) is 0.360. The molecule has 4 rings (SSSR count). The molecule has 3 heterocycles. The number of sulfonamides is 1. The minimum absolute atomic E-state index is 0. The first kappa shape index (κ1) is 39.0. The average Bonchev–Trinajstić information content (AvgIpc) is 3.25. The van der Waals surface area contributed by atoms with E-state index in [0.717, 1.165) is 39.8 Å². The van der Waals surface area contributed by atoms with Crippen LogP contribution in [0.25, 0.3) is 5.69 Å². The number of amides is 2. The highest BCUT2D eigenvalue weighted by atomic mass is 35.5. The Labute approximate surface area is 280 Å². The number of nitrogens with one attached hydrogen (secondary N) is 1. The molecule has 1 spiro atoms. The normalized spacial score (nSPS) is 18.7. The second-order valence-electron chi connectivity index (χ2n) is 12.4. The van der Waals surface area contributed by atoms with Gasteiger partial charge in [-0.05, 0) is 69.7 Å². The highest BCUT2D eigenvalue weighted by molar-refractivity contribution is 7.89. The number of carbonyl (C=O) groups excluding carboxylic acids is 2. The van der Waals surface area contributed by atoms with Crippen LogP contribution in [0, 0.1) is 19.8 Å². The SMILES string of the molecule is CCCCN1C(=O)[C@H](CC(C)C)NC(=O)C12CCN(Cc1c(C)nn(-c3ccc(S(=O)(=O)N(C)CCO)cc3)c1C)CC2.Cl.Cl. The predicted molar refractivity (Wildman–Crippen MR) is 180 cm³/mol. The van der Waals surface area contributed by atoms with Gasteiger partial charge in [-0.15, -0.1) is 24.8 Å². The summed E-state index contributed by atoms with van der Waals surface area (Å²) in [5, 5.41) is 17.0. The minimum Gasteiger partial charge on any atom is -0.395 e. The molecule has 2 aromatic rings. The number of aliphatic hydroxyl groups excluding tert-OH is 1. The molecular formula is C31H50Cl2N6O5S. The Kier molecular flexibility index (Phi) is 13.9. The standard InChI is InChI=1S/C31H48N6O5S.2ClH/c1-7-8-15-36-29(39)28(20-22(2)3)32-30(40)31(36)13-16-35(17-14-31)21-27-23(4)33-37(24(27)5)25-9-11-26(12-10-25)43(41,42)34(6)18-19-38;;/h9-12,22,28,38H,7-8,13-21H2,1-6H3,(H,32,40);2*1H/t28-;;/m0../s1. The number of piperazine rings is 1. The first-order valence-corrected chi connectivity index (χ1v) is 16.9. The van der Waals surface area contributed by atoms with Crippen molar-refractivity contribution in [1.82, 2.24) is 29.2 Å². The van der Waals surface area contributed by atoms with Crippen molar-refractivity contribution in [3.05, 3.63) is 41.2 Å². The number of rotatable bonds is 12. The molecule has 1 aromatic carbocycles. The zero-order chi connectivity index (χ0) is 31.5. The van der Waals surface area contributed by atoms with Crippen LogP contribution in [-0.2, 0) is 26.2 Å². The number of likely N-dealkylation sites (tertiary alicyclic amines) is 1. The lowest BCUT2D eigenvalue weighted by atomic mass is 9.80. The molecule has 2 fully saturated rings. The van der Waals surface area contributed by atoms with Crippen molar-refractivity contribution >= 4 is 46.7 Å². The number of unbranched alkanes of at least 4 members (excludes halogenated alkanes) is 1. The van der Waals surface area contributed by atoms with Gasteiger partial charge in [-0.2, -0.15) is 9.40 Å². The molecule has 0 aliphatic carbocycles. The van der Waals surface area contributed by atoms with E-state index in [9.17, 15) is 18.0 Å². The molecule has 0 unspecified atom stereocenters. The van der Waals surface area contributed by atoms with Crippen molar-refractivity contribution in [2.24, 2.45) is 5.92 Å². The number of nitrogens with zero attached hydrogens (tertiary/aromatic N) is 5. The van der Waals surface area contributed by atoms with Crippen LogP contribution in [-0.4, -0.2) is 101 Å². The summed E-state index contributed by atoms with van der Waals surface area (Å²) in [5.41, 5.74) is 2.92. The molecule has 11 nitrogen and oxygen atoms in total. The molecule has 0 radical (unpaired) electrons. The highest BCUT2D eigenvalue weighted by Crippen LogP contribution is 2.35. The van der Waals surface area contributed by atoms with E-state index in [4.69, 9.17) is 10.2 Å².